The lowest BCUT2D eigenvalue weighted by atomic mass is 10.2. The number of carbonyl (C=O) groups is 1. The molecule has 0 bridgehead atoms. The maximum absolute atomic E-state index is 13.4. The number of amides is 1. The van der Waals surface area contributed by atoms with Gasteiger partial charge < -0.3 is 18.9 Å². The van der Waals surface area contributed by atoms with E-state index in [2.05, 4.69) is 10.1 Å². The summed E-state index contributed by atoms with van der Waals surface area (Å²) in [5.41, 5.74) is 1.67. The van der Waals surface area contributed by atoms with Crippen LogP contribution in [0.25, 0.3) is 11.0 Å². The molecule has 0 aliphatic carbocycles. The zero-order valence-electron chi connectivity index (χ0n) is 19.2. The van der Waals surface area contributed by atoms with Crippen LogP contribution >= 0.6 is 0 Å². The van der Waals surface area contributed by atoms with E-state index in [1.807, 2.05) is 18.2 Å². The second-order valence-corrected chi connectivity index (χ2v) is 11.0. The number of nitrogens with zero attached hydrogens (tertiary/aromatic N) is 4. The van der Waals surface area contributed by atoms with E-state index in [1.54, 1.807) is 11.0 Å². The van der Waals surface area contributed by atoms with Crippen molar-refractivity contribution in [3.63, 3.8) is 0 Å². The van der Waals surface area contributed by atoms with Gasteiger partial charge in [0.05, 0.1) is 10.3 Å². The van der Waals surface area contributed by atoms with E-state index in [0.29, 0.717) is 56.8 Å². The Morgan fingerprint density at radius 3 is 2.49 bits per heavy atom. The first kappa shape index (κ1) is 22.3. The molecular weight excluding hydrogens is 472 g/mol. The van der Waals surface area contributed by atoms with Crippen molar-refractivity contribution in [2.24, 2.45) is 0 Å². The summed E-state index contributed by atoms with van der Waals surface area (Å²) >= 11 is 0. The maximum atomic E-state index is 13.4. The van der Waals surface area contributed by atoms with E-state index < -0.39 is 10.0 Å². The van der Waals surface area contributed by atoms with Crippen LogP contribution in [0.5, 0.6) is 11.5 Å². The molecule has 3 aromatic rings. The molecule has 184 valence electrons. The summed E-state index contributed by atoms with van der Waals surface area (Å²) in [6.07, 6.45) is 1.92. The summed E-state index contributed by atoms with van der Waals surface area (Å²) < 4.78 is 44.5. The Labute approximate surface area is 203 Å². The highest BCUT2D eigenvalue weighted by atomic mass is 32.2. The molecule has 0 radical (unpaired) electrons. The second-order valence-electron chi connectivity index (χ2n) is 9.06. The summed E-state index contributed by atoms with van der Waals surface area (Å²) in [4.78, 5) is 17.0. The van der Waals surface area contributed by atoms with Gasteiger partial charge in [0.2, 0.25) is 16.8 Å². The lowest BCUT2D eigenvalue weighted by Gasteiger charge is -2.34. The van der Waals surface area contributed by atoms with Gasteiger partial charge in [-0.15, -0.1) is 0 Å². The fraction of sp³-hybridized carbons (Fsp3) is 0.417. The Bertz CT molecular complexity index is 1370. The molecule has 0 unspecified atom stereocenters. The van der Waals surface area contributed by atoms with Gasteiger partial charge >= 0.3 is 0 Å². The standard InChI is InChI=1S/C24H26N4O6S/c29-24(27-7-1-2-8-27)23-19-14-18(4-6-20(19)34-25-23)35(30,31)28-11-9-26(10-12-28)15-17-3-5-21-22(13-17)33-16-32-21/h3-6,13-14H,1-2,7-12,15-16H2. The average Bonchev–Trinajstić information content (AvgIpc) is 3.64. The summed E-state index contributed by atoms with van der Waals surface area (Å²) in [7, 11) is -3.72. The van der Waals surface area contributed by atoms with E-state index in [0.717, 1.165) is 29.9 Å². The third-order valence-corrected chi connectivity index (χ3v) is 8.74. The number of rotatable bonds is 5. The number of likely N-dealkylation sites (tertiary alicyclic amines) is 1. The van der Waals surface area contributed by atoms with Gasteiger partial charge in [0, 0.05) is 45.8 Å². The highest BCUT2D eigenvalue weighted by molar-refractivity contribution is 7.89. The van der Waals surface area contributed by atoms with Crippen LogP contribution in [0.2, 0.25) is 0 Å². The van der Waals surface area contributed by atoms with Crippen molar-refractivity contribution in [1.29, 1.82) is 0 Å². The molecule has 1 amide bonds. The third-order valence-electron chi connectivity index (χ3n) is 6.85. The quantitative estimate of drug-likeness (QED) is 0.528. The molecule has 4 heterocycles. The van der Waals surface area contributed by atoms with Crippen LogP contribution in [-0.4, -0.2) is 79.6 Å². The lowest BCUT2D eigenvalue weighted by Crippen LogP contribution is -2.48. The molecule has 3 aliphatic heterocycles. The van der Waals surface area contributed by atoms with Crippen LogP contribution in [0.3, 0.4) is 0 Å². The first-order valence-electron chi connectivity index (χ1n) is 11.8. The van der Waals surface area contributed by atoms with Crippen molar-refractivity contribution in [2.75, 3.05) is 46.1 Å². The van der Waals surface area contributed by atoms with Crippen molar-refractivity contribution >= 4 is 26.9 Å². The summed E-state index contributed by atoms with van der Waals surface area (Å²) in [5.74, 6) is 1.28. The van der Waals surface area contributed by atoms with Crippen molar-refractivity contribution < 1.29 is 27.2 Å². The molecule has 3 aliphatic rings. The predicted octanol–water partition coefficient (Wildman–Crippen LogP) is 2.30. The van der Waals surface area contributed by atoms with Gasteiger partial charge in [0.1, 0.15) is 0 Å². The number of piperazine rings is 1. The molecule has 0 atom stereocenters. The summed E-state index contributed by atoms with van der Waals surface area (Å²) in [5, 5.41) is 4.38. The summed E-state index contributed by atoms with van der Waals surface area (Å²) in [6.45, 7) is 4.30. The highest BCUT2D eigenvalue weighted by Crippen LogP contribution is 2.33. The van der Waals surface area contributed by atoms with E-state index in [9.17, 15) is 13.2 Å². The molecular formula is C24H26N4O6S. The van der Waals surface area contributed by atoms with Crippen LogP contribution in [0.4, 0.5) is 0 Å². The minimum atomic E-state index is -3.72. The molecule has 1 aromatic heterocycles. The number of sulfonamides is 1. The van der Waals surface area contributed by atoms with E-state index in [-0.39, 0.29) is 23.3 Å². The van der Waals surface area contributed by atoms with Crippen LogP contribution < -0.4 is 9.47 Å². The Balaban J connectivity index is 1.16. The zero-order valence-corrected chi connectivity index (χ0v) is 20.0. The number of carbonyl (C=O) groups excluding carboxylic acids is 1. The van der Waals surface area contributed by atoms with E-state index in [1.165, 1.54) is 16.4 Å². The van der Waals surface area contributed by atoms with Crippen molar-refractivity contribution in [3.8, 4) is 11.5 Å². The molecule has 10 nitrogen and oxygen atoms in total. The van der Waals surface area contributed by atoms with Crippen LogP contribution in [-0.2, 0) is 16.6 Å². The molecule has 2 fully saturated rings. The maximum Gasteiger partial charge on any atom is 0.276 e. The molecule has 0 saturated carbocycles. The van der Waals surface area contributed by atoms with Gasteiger partial charge in [-0.2, -0.15) is 4.31 Å². The fourth-order valence-corrected chi connectivity index (χ4v) is 6.33. The Morgan fingerprint density at radius 2 is 1.69 bits per heavy atom. The Morgan fingerprint density at radius 1 is 0.914 bits per heavy atom. The van der Waals surface area contributed by atoms with Crippen LogP contribution in [0, 0.1) is 0 Å². The third kappa shape index (κ3) is 4.13. The molecule has 35 heavy (non-hydrogen) atoms. The normalized spacial score (nSPS) is 19.0. The number of fused-ring (bicyclic) bond motifs is 2. The first-order valence-corrected chi connectivity index (χ1v) is 13.2. The van der Waals surface area contributed by atoms with Crippen LogP contribution in [0.1, 0.15) is 28.9 Å². The van der Waals surface area contributed by atoms with Gasteiger partial charge in [-0.1, -0.05) is 11.2 Å². The Hall–Kier alpha value is -3.15. The van der Waals surface area contributed by atoms with Crippen LogP contribution in [0.15, 0.2) is 45.8 Å². The van der Waals surface area contributed by atoms with Gasteiger partial charge in [0.15, 0.2) is 22.8 Å². The molecule has 2 saturated heterocycles. The Kier molecular flexibility index (Phi) is 5.62. The first-order chi connectivity index (χ1) is 17.0. The van der Waals surface area contributed by atoms with Gasteiger partial charge in [-0.3, -0.25) is 9.69 Å². The monoisotopic (exact) mass is 498 g/mol. The molecule has 0 spiro atoms. The number of aromatic nitrogens is 1. The highest BCUT2D eigenvalue weighted by Gasteiger charge is 2.31. The average molecular weight is 499 g/mol. The van der Waals surface area contributed by atoms with Gasteiger partial charge in [-0.25, -0.2) is 8.42 Å². The number of ether oxygens (including phenoxy) is 2. The van der Waals surface area contributed by atoms with Gasteiger partial charge in [-0.05, 0) is 48.7 Å². The molecule has 2 aromatic carbocycles. The minimum Gasteiger partial charge on any atom is -0.454 e. The van der Waals surface area contributed by atoms with Crippen molar-refractivity contribution in [1.82, 2.24) is 19.3 Å². The van der Waals surface area contributed by atoms with E-state index in [4.69, 9.17) is 14.0 Å². The smallest absolute Gasteiger partial charge is 0.276 e. The molecule has 6 rings (SSSR count). The predicted molar refractivity (Wildman–Crippen MR) is 126 cm³/mol. The van der Waals surface area contributed by atoms with Crippen molar-refractivity contribution in [2.45, 2.75) is 24.3 Å². The fourth-order valence-electron chi connectivity index (χ4n) is 4.88. The largest absolute Gasteiger partial charge is 0.454 e. The topological polar surface area (TPSA) is 105 Å². The second kappa shape index (κ2) is 8.81. The van der Waals surface area contributed by atoms with E-state index >= 15 is 0 Å². The number of hydrogen-bond acceptors (Lipinski definition) is 8. The molecule has 11 heteroatoms. The molecule has 0 N–H and O–H groups in total. The SMILES string of the molecule is O=C(c1noc2ccc(S(=O)(=O)N3CCN(Cc4ccc5c(c4)OCO5)CC3)cc12)N1CCCC1. The summed E-state index contributed by atoms with van der Waals surface area (Å²) in [6, 6.07) is 10.5. The van der Waals surface area contributed by atoms with Gasteiger partial charge in [0.25, 0.3) is 5.91 Å². The lowest BCUT2D eigenvalue weighted by molar-refractivity contribution is 0.0784. The minimum absolute atomic E-state index is 0.146. The number of benzene rings is 2. The number of hydrogen-bond donors (Lipinski definition) is 0. The van der Waals surface area contributed by atoms with Crippen molar-refractivity contribution in [3.05, 3.63) is 47.7 Å². The zero-order chi connectivity index (χ0) is 24.0.